The predicted molar refractivity (Wildman–Crippen MR) is 96.5 cm³/mol. The number of aryl methyl sites for hydroxylation is 1. The number of aromatic amines is 1. The van der Waals surface area contributed by atoms with Crippen molar-refractivity contribution >= 4 is 0 Å². The second kappa shape index (κ2) is 6.99. The molecule has 0 saturated heterocycles. The summed E-state index contributed by atoms with van der Waals surface area (Å²) < 4.78 is 45.9. The van der Waals surface area contributed by atoms with Crippen LogP contribution in [-0.2, 0) is 13.2 Å². The zero-order chi connectivity index (χ0) is 20.6. The number of nitrogens with zero attached hydrogens (tertiary/aromatic N) is 2. The minimum Gasteiger partial charge on any atom is -0.438 e. The van der Waals surface area contributed by atoms with Gasteiger partial charge in [-0.05, 0) is 49.7 Å². The molecular weight excluding hydrogens is 375 g/mol. The number of H-pyrrole nitrogens is 1. The van der Waals surface area contributed by atoms with Gasteiger partial charge in [0.2, 0.25) is 5.88 Å². The maximum Gasteiger partial charge on any atom is 0.421 e. The van der Waals surface area contributed by atoms with Crippen LogP contribution in [0.5, 0.6) is 11.6 Å². The van der Waals surface area contributed by atoms with Crippen molar-refractivity contribution in [2.45, 2.75) is 20.0 Å². The normalized spacial score (nSPS) is 11.5. The summed E-state index contributed by atoms with van der Waals surface area (Å²) in [6.45, 7) is 3.29. The van der Waals surface area contributed by atoms with E-state index < -0.39 is 28.9 Å². The largest absolute Gasteiger partial charge is 0.438 e. The molecule has 3 rings (SSSR count). The van der Waals surface area contributed by atoms with Gasteiger partial charge in [-0.15, -0.1) is 0 Å². The number of ether oxygens (including phenoxy) is 1. The van der Waals surface area contributed by atoms with Gasteiger partial charge in [-0.2, -0.15) is 13.2 Å². The zero-order valence-electron chi connectivity index (χ0n) is 15.2. The predicted octanol–water partition coefficient (Wildman–Crippen LogP) is 3.56. The lowest BCUT2D eigenvalue weighted by atomic mass is 10.0. The molecule has 0 radical (unpaired) electrons. The Balaban J connectivity index is 2.05. The molecule has 0 atom stereocenters. The first-order valence-corrected chi connectivity index (χ1v) is 8.20. The van der Waals surface area contributed by atoms with Gasteiger partial charge in [-0.3, -0.25) is 14.3 Å². The molecule has 2 heterocycles. The zero-order valence-corrected chi connectivity index (χ0v) is 15.2. The van der Waals surface area contributed by atoms with Crippen LogP contribution in [0.4, 0.5) is 13.2 Å². The summed E-state index contributed by atoms with van der Waals surface area (Å²) in [4.78, 5) is 29.7. The third kappa shape index (κ3) is 3.55. The molecule has 28 heavy (non-hydrogen) atoms. The van der Waals surface area contributed by atoms with Gasteiger partial charge < -0.3 is 4.74 Å². The minimum atomic E-state index is -4.60. The highest BCUT2D eigenvalue weighted by atomic mass is 19.4. The fourth-order valence-corrected chi connectivity index (χ4v) is 2.88. The van der Waals surface area contributed by atoms with Crippen LogP contribution in [0.25, 0.3) is 11.3 Å². The lowest BCUT2D eigenvalue weighted by Crippen LogP contribution is -2.31. The van der Waals surface area contributed by atoms with Crippen molar-refractivity contribution in [2.75, 3.05) is 0 Å². The average molecular weight is 391 g/mol. The van der Waals surface area contributed by atoms with Gasteiger partial charge in [0.1, 0.15) is 11.3 Å². The van der Waals surface area contributed by atoms with E-state index in [-0.39, 0.29) is 5.75 Å². The first kappa shape index (κ1) is 19.4. The molecule has 3 aromatic rings. The van der Waals surface area contributed by atoms with Gasteiger partial charge in [0.25, 0.3) is 5.56 Å². The Morgan fingerprint density at radius 3 is 2.50 bits per heavy atom. The van der Waals surface area contributed by atoms with Crippen molar-refractivity contribution in [3.63, 3.8) is 0 Å². The molecule has 0 saturated carbocycles. The second-order valence-corrected chi connectivity index (χ2v) is 6.22. The van der Waals surface area contributed by atoms with E-state index in [0.29, 0.717) is 22.4 Å². The van der Waals surface area contributed by atoms with Gasteiger partial charge >= 0.3 is 11.9 Å². The van der Waals surface area contributed by atoms with Crippen molar-refractivity contribution in [3.05, 3.63) is 74.1 Å². The topological polar surface area (TPSA) is 77.0 Å². The van der Waals surface area contributed by atoms with Gasteiger partial charge in [0.15, 0.2) is 0 Å². The molecule has 0 aliphatic rings. The summed E-state index contributed by atoms with van der Waals surface area (Å²) >= 11 is 0. The number of aromatic nitrogens is 3. The Hall–Kier alpha value is -3.36. The molecule has 6 nitrogen and oxygen atoms in total. The van der Waals surface area contributed by atoms with Gasteiger partial charge in [-0.25, -0.2) is 9.78 Å². The number of hydrogen-bond acceptors (Lipinski definition) is 4. The quantitative estimate of drug-likeness (QED) is 0.741. The smallest absolute Gasteiger partial charge is 0.421 e. The molecule has 1 N–H and O–H groups in total. The molecule has 2 aromatic heterocycles. The highest BCUT2D eigenvalue weighted by Crippen LogP contribution is 2.37. The number of rotatable bonds is 3. The number of benzene rings is 1. The Kier molecular flexibility index (Phi) is 4.84. The van der Waals surface area contributed by atoms with Crippen LogP contribution in [0.2, 0.25) is 0 Å². The van der Waals surface area contributed by atoms with E-state index >= 15 is 0 Å². The van der Waals surface area contributed by atoms with Crippen molar-refractivity contribution in [2.24, 2.45) is 7.05 Å². The van der Waals surface area contributed by atoms with Crippen LogP contribution in [0.15, 0.2) is 46.1 Å². The minimum absolute atomic E-state index is 0.151. The molecule has 0 aliphatic heterocycles. The molecule has 0 spiro atoms. The molecule has 0 bridgehead atoms. The van der Waals surface area contributed by atoms with Crippen molar-refractivity contribution < 1.29 is 17.9 Å². The van der Waals surface area contributed by atoms with E-state index in [1.807, 2.05) is 0 Å². The van der Waals surface area contributed by atoms with Crippen LogP contribution < -0.4 is 16.0 Å². The van der Waals surface area contributed by atoms with Crippen molar-refractivity contribution in [1.82, 2.24) is 14.5 Å². The summed E-state index contributed by atoms with van der Waals surface area (Å²) in [5.74, 6) is -0.403. The van der Waals surface area contributed by atoms with Crippen LogP contribution in [0.1, 0.15) is 16.7 Å². The first-order valence-electron chi connectivity index (χ1n) is 8.20. The van der Waals surface area contributed by atoms with Crippen LogP contribution >= 0.6 is 0 Å². The number of halogens is 3. The summed E-state index contributed by atoms with van der Waals surface area (Å²) in [5, 5.41) is 0. The standard InChI is InChI=1S/C19H16F3N3O3/c1-10-9-12(28-17-14(19(20,21)22)5-4-8-23-17)6-7-13(10)15-11(2)16(26)24-18(27)25(15)3/h4-9H,1-3H3,(H,24,26,27). The van der Waals surface area contributed by atoms with Crippen molar-refractivity contribution in [3.8, 4) is 22.9 Å². The molecule has 146 valence electrons. The Labute approximate surface area is 157 Å². The molecule has 0 fully saturated rings. The lowest BCUT2D eigenvalue weighted by Gasteiger charge is -2.15. The van der Waals surface area contributed by atoms with Gasteiger partial charge in [-0.1, -0.05) is 0 Å². The molecular formula is C19H16F3N3O3. The number of nitrogens with one attached hydrogen (secondary N) is 1. The van der Waals surface area contributed by atoms with Crippen LogP contribution in [-0.4, -0.2) is 14.5 Å². The second-order valence-electron chi connectivity index (χ2n) is 6.22. The van der Waals surface area contributed by atoms with Crippen LogP contribution in [0.3, 0.4) is 0 Å². The summed E-state index contributed by atoms with van der Waals surface area (Å²) in [5.41, 5.74) is -0.0628. The third-order valence-corrected chi connectivity index (χ3v) is 4.30. The van der Waals surface area contributed by atoms with E-state index in [0.717, 1.165) is 6.07 Å². The Bertz CT molecular complexity index is 1130. The number of hydrogen-bond donors (Lipinski definition) is 1. The van der Waals surface area contributed by atoms with E-state index in [1.165, 1.54) is 36.0 Å². The molecule has 1 aromatic carbocycles. The van der Waals surface area contributed by atoms with Gasteiger partial charge in [0, 0.05) is 24.4 Å². The first-order chi connectivity index (χ1) is 13.1. The SMILES string of the molecule is Cc1cc(Oc2ncccc2C(F)(F)F)ccc1-c1c(C)c(=O)[nH]c(=O)n1C. The third-order valence-electron chi connectivity index (χ3n) is 4.30. The summed E-state index contributed by atoms with van der Waals surface area (Å²) in [6, 6.07) is 6.64. The maximum absolute atomic E-state index is 13.1. The average Bonchev–Trinajstić information content (AvgIpc) is 2.61. The Morgan fingerprint density at radius 2 is 1.86 bits per heavy atom. The highest BCUT2D eigenvalue weighted by Gasteiger charge is 2.35. The lowest BCUT2D eigenvalue weighted by molar-refractivity contribution is -0.138. The van der Waals surface area contributed by atoms with E-state index in [9.17, 15) is 22.8 Å². The van der Waals surface area contributed by atoms with Crippen LogP contribution in [0, 0.1) is 13.8 Å². The molecule has 0 unspecified atom stereocenters. The monoisotopic (exact) mass is 391 g/mol. The van der Waals surface area contributed by atoms with E-state index in [4.69, 9.17) is 4.74 Å². The van der Waals surface area contributed by atoms with Crippen molar-refractivity contribution in [1.29, 1.82) is 0 Å². The fourth-order valence-electron chi connectivity index (χ4n) is 2.88. The Morgan fingerprint density at radius 1 is 1.14 bits per heavy atom. The fraction of sp³-hybridized carbons (Fsp3) is 0.211. The van der Waals surface area contributed by atoms with Gasteiger partial charge in [0.05, 0.1) is 5.69 Å². The number of alkyl halides is 3. The van der Waals surface area contributed by atoms with E-state index in [1.54, 1.807) is 19.9 Å². The summed E-state index contributed by atoms with van der Waals surface area (Å²) in [7, 11) is 1.52. The molecule has 9 heteroatoms. The molecule has 0 aliphatic carbocycles. The van der Waals surface area contributed by atoms with E-state index in [2.05, 4.69) is 9.97 Å². The summed E-state index contributed by atoms with van der Waals surface area (Å²) in [6.07, 6.45) is -3.39. The number of pyridine rings is 1. The highest BCUT2D eigenvalue weighted by molar-refractivity contribution is 5.67. The molecule has 0 amide bonds. The maximum atomic E-state index is 13.1.